The van der Waals surface area contributed by atoms with Crippen molar-refractivity contribution < 1.29 is 0 Å². The van der Waals surface area contributed by atoms with Gasteiger partial charge in [0.05, 0.1) is 17.6 Å². The van der Waals surface area contributed by atoms with Crippen molar-refractivity contribution >= 4 is 16.7 Å². The molecule has 3 heteroatoms. The highest BCUT2D eigenvalue weighted by atomic mass is 15.1. The molecule has 1 N–H and O–H groups in total. The quantitative estimate of drug-likeness (QED) is 0.780. The van der Waals surface area contributed by atoms with E-state index in [2.05, 4.69) is 67.2 Å². The van der Waals surface area contributed by atoms with Gasteiger partial charge in [-0.2, -0.15) is 0 Å². The minimum atomic E-state index is 0.739. The van der Waals surface area contributed by atoms with Crippen LogP contribution < -0.4 is 5.32 Å². The number of para-hydroxylation sites is 3. The van der Waals surface area contributed by atoms with Crippen LogP contribution in [-0.2, 0) is 20.0 Å². The molecule has 3 aromatic rings. The first-order valence-electron chi connectivity index (χ1n) is 7.43. The molecular formula is C18H21N3. The lowest BCUT2D eigenvalue weighted by molar-refractivity contribution is 0.833. The van der Waals surface area contributed by atoms with E-state index in [-0.39, 0.29) is 0 Å². The summed E-state index contributed by atoms with van der Waals surface area (Å²) in [7, 11) is 2.07. The molecule has 0 aliphatic rings. The number of aryl methyl sites for hydroxylation is 3. The summed E-state index contributed by atoms with van der Waals surface area (Å²) >= 11 is 0. The summed E-state index contributed by atoms with van der Waals surface area (Å²) in [5, 5.41) is 3.57. The van der Waals surface area contributed by atoms with E-state index in [0.29, 0.717) is 0 Å². The van der Waals surface area contributed by atoms with Crippen molar-refractivity contribution in [3.63, 3.8) is 0 Å². The van der Waals surface area contributed by atoms with Gasteiger partial charge in [0.25, 0.3) is 0 Å². The molecule has 0 saturated heterocycles. The number of nitrogens with zero attached hydrogens (tertiary/aromatic N) is 2. The fourth-order valence-corrected chi connectivity index (χ4v) is 2.80. The Bertz CT molecular complexity index is 771. The van der Waals surface area contributed by atoms with Crippen LogP contribution >= 0.6 is 0 Å². The van der Waals surface area contributed by atoms with Crippen LogP contribution in [0.15, 0.2) is 42.5 Å². The second-order valence-electron chi connectivity index (χ2n) is 5.39. The first kappa shape index (κ1) is 13.7. The van der Waals surface area contributed by atoms with Crippen molar-refractivity contribution in [1.29, 1.82) is 0 Å². The Labute approximate surface area is 125 Å². The molecule has 0 radical (unpaired) electrons. The van der Waals surface area contributed by atoms with Gasteiger partial charge in [-0.25, -0.2) is 4.98 Å². The van der Waals surface area contributed by atoms with Gasteiger partial charge in [0.2, 0.25) is 0 Å². The molecule has 21 heavy (non-hydrogen) atoms. The fourth-order valence-electron chi connectivity index (χ4n) is 2.80. The first-order chi connectivity index (χ1) is 10.2. The smallest absolute Gasteiger partial charge is 0.128 e. The number of imidazole rings is 1. The minimum absolute atomic E-state index is 0.739. The third kappa shape index (κ3) is 2.51. The molecule has 3 rings (SSSR count). The van der Waals surface area contributed by atoms with E-state index in [4.69, 9.17) is 4.98 Å². The summed E-state index contributed by atoms with van der Waals surface area (Å²) in [4.78, 5) is 4.71. The van der Waals surface area contributed by atoms with Crippen LogP contribution in [0, 0.1) is 6.92 Å². The summed E-state index contributed by atoms with van der Waals surface area (Å²) in [5.41, 5.74) is 6.11. The second-order valence-corrected chi connectivity index (χ2v) is 5.39. The molecule has 0 bridgehead atoms. The number of nitrogens with one attached hydrogen (secondary N) is 1. The normalized spacial score (nSPS) is 11.0. The number of aromatic nitrogens is 2. The van der Waals surface area contributed by atoms with Crippen molar-refractivity contribution in [2.75, 3.05) is 5.32 Å². The van der Waals surface area contributed by atoms with Crippen molar-refractivity contribution in [2.24, 2.45) is 7.05 Å². The topological polar surface area (TPSA) is 29.9 Å². The van der Waals surface area contributed by atoms with E-state index < -0.39 is 0 Å². The molecule has 0 saturated carbocycles. The molecule has 108 valence electrons. The molecule has 0 spiro atoms. The molecule has 1 aromatic heterocycles. The molecule has 2 aromatic carbocycles. The van der Waals surface area contributed by atoms with Crippen LogP contribution in [-0.4, -0.2) is 9.55 Å². The van der Waals surface area contributed by atoms with Gasteiger partial charge in [-0.15, -0.1) is 0 Å². The minimum Gasteiger partial charge on any atom is -0.377 e. The Balaban J connectivity index is 1.89. The summed E-state index contributed by atoms with van der Waals surface area (Å²) in [6, 6.07) is 14.7. The molecule has 3 nitrogen and oxygen atoms in total. The van der Waals surface area contributed by atoms with Gasteiger partial charge >= 0.3 is 0 Å². The molecule has 0 atom stereocenters. The average molecular weight is 279 g/mol. The van der Waals surface area contributed by atoms with Gasteiger partial charge in [-0.05, 0) is 36.6 Å². The average Bonchev–Trinajstić information content (AvgIpc) is 2.83. The molecule has 1 heterocycles. The number of rotatable bonds is 4. The Morgan fingerprint density at radius 2 is 1.90 bits per heavy atom. The SMILES string of the molecule is CCc1cccc(C)c1NCc1nc2ccccc2n1C. The van der Waals surface area contributed by atoms with Crippen molar-refractivity contribution in [3.05, 3.63) is 59.4 Å². The summed E-state index contributed by atoms with van der Waals surface area (Å²) in [5.74, 6) is 1.06. The monoisotopic (exact) mass is 279 g/mol. The van der Waals surface area contributed by atoms with Crippen LogP contribution in [0.2, 0.25) is 0 Å². The maximum atomic E-state index is 4.71. The summed E-state index contributed by atoms with van der Waals surface area (Å²) in [6.45, 7) is 5.08. The lowest BCUT2D eigenvalue weighted by Crippen LogP contribution is -2.08. The van der Waals surface area contributed by atoms with Crippen LogP contribution in [0.5, 0.6) is 0 Å². The third-order valence-corrected chi connectivity index (χ3v) is 4.04. The van der Waals surface area contributed by atoms with Gasteiger partial charge in [-0.3, -0.25) is 0 Å². The maximum absolute atomic E-state index is 4.71. The van der Waals surface area contributed by atoms with Gasteiger partial charge in [0, 0.05) is 12.7 Å². The number of hydrogen-bond donors (Lipinski definition) is 1. The number of hydrogen-bond acceptors (Lipinski definition) is 2. The van der Waals surface area contributed by atoms with Gasteiger partial charge in [0.1, 0.15) is 5.82 Å². The number of benzene rings is 2. The predicted octanol–water partition coefficient (Wildman–Crippen LogP) is 4.06. The Morgan fingerprint density at radius 1 is 1.10 bits per heavy atom. The molecule has 0 unspecified atom stereocenters. The van der Waals surface area contributed by atoms with E-state index in [0.717, 1.165) is 24.3 Å². The Morgan fingerprint density at radius 3 is 2.67 bits per heavy atom. The Hall–Kier alpha value is -2.29. The molecular weight excluding hydrogens is 258 g/mol. The largest absolute Gasteiger partial charge is 0.377 e. The molecule has 0 fully saturated rings. The van der Waals surface area contributed by atoms with Crippen molar-refractivity contribution in [3.8, 4) is 0 Å². The maximum Gasteiger partial charge on any atom is 0.128 e. The standard InChI is InChI=1S/C18H21N3/c1-4-14-9-7-8-13(2)18(14)19-12-17-20-15-10-5-6-11-16(15)21(17)3/h5-11,19H,4,12H2,1-3H3. The van der Waals surface area contributed by atoms with Crippen molar-refractivity contribution in [1.82, 2.24) is 9.55 Å². The van der Waals surface area contributed by atoms with Crippen LogP contribution in [0.25, 0.3) is 11.0 Å². The highest BCUT2D eigenvalue weighted by molar-refractivity contribution is 5.75. The summed E-state index contributed by atoms with van der Waals surface area (Å²) in [6.07, 6.45) is 1.03. The highest BCUT2D eigenvalue weighted by Crippen LogP contribution is 2.22. The van der Waals surface area contributed by atoms with Gasteiger partial charge in [0.15, 0.2) is 0 Å². The second kappa shape index (κ2) is 5.60. The van der Waals surface area contributed by atoms with E-state index in [1.165, 1.54) is 22.3 Å². The zero-order valence-electron chi connectivity index (χ0n) is 12.9. The van der Waals surface area contributed by atoms with Gasteiger partial charge < -0.3 is 9.88 Å². The lowest BCUT2D eigenvalue weighted by Gasteiger charge is -2.13. The number of fused-ring (bicyclic) bond motifs is 1. The Kier molecular flexibility index (Phi) is 3.65. The van der Waals surface area contributed by atoms with E-state index >= 15 is 0 Å². The highest BCUT2D eigenvalue weighted by Gasteiger charge is 2.08. The summed E-state index contributed by atoms with van der Waals surface area (Å²) < 4.78 is 2.16. The van der Waals surface area contributed by atoms with Crippen LogP contribution in [0.3, 0.4) is 0 Å². The van der Waals surface area contributed by atoms with E-state index in [1.54, 1.807) is 0 Å². The molecule has 0 aliphatic carbocycles. The lowest BCUT2D eigenvalue weighted by atomic mass is 10.1. The third-order valence-electron chi connectivity index (χ3n) is 4.04. The van der Waals surface area contributed by atoms with Crippen LogP contribution in [0.4, 0.5) is 5.69 Å². The number of anilines is 1. The van der Waals surface area contributed by atoms with Crippen LogP contribution in [0.1, 0.15) is 23.9 Å². The molecule has 0 aliphatic heterocycles. The predicted molar refractivity (Wildman–Crippen MR) is 88.6 cm³/mol. The fraction of sp³-hybridized carbons (Fsp3) is 0.278. The van der Waals surface area contributed by atoms with Gasteiger partial charge in [-0.1, -0.05) is 37.3 Å². The molecule has 0 amide bonds. The zero-order valence-corrected chi connectivity index (χ0v) is 12.9. The van der Waals surface area contributed by atoms with E-state index in [9.17, 15) is 0 Å². The van der Waals surface area contributed by atoms with E-state index in [1.807, 2.05) is 6.07 Å². The first-order valence-corrected chi connectivity index (χ1v) is 7.43. The zero-order chi connectivity index (χ0) is 14.8. The van der Waals surface area contributed by atoms with Crippen molar-refractivity contribution in [2.45, 2.75) is 26.8 Å².